The number of esters is 1. The van der Waals surface area contributed by atoms with Crippen molar-refractivity contribution in [2.24, 2.45) is 7.05 Å². The standard InChI is InChI=1S/C8H11FN2O3/c1-11-7(6(12)3-9)5(4-10-11)8(13)14-2/h4,6,12H,3H2,1-2H3. The lowest BCUT2D eigenvalue weighted by Crippen LogP contribution is -2.12. The number of methoxy groups -OCH3 is 1. The number of ether oxygens (including phenoxy) is 1. The minimum absolute atomic E-state index is 0.0835. The Bertz CT molecular complexity index is 337. The van der Waals surface area contributed by atoms with Crippen molar-refractivity contribution in [3.8, 4) is 0 Å². The van der Waals surface area contributed by atoms with Crippen LogP contribution in [0.5, 0.6) is 0 Å². The molecule has 0 saturated heterocycles. The summed E-state index contributed by atoms with van der Waals surface area (Å²) in [4.78, 5) is 11.2. The first-order chi connectivity index (χ1) is 6.61. The van der Waals surface area contributed by atoms with Gasteiger partial charge in [0.1, 0.15) is 18.3 Å². The Morgan fingerprint density at radius 2 is 2.50 bits per heavy atom. The summed E-state index contributed by atoms with van der Waals surface area (Å²) >= 11 is 0. The third-order valence-corrected chi connectivity index (χ3v) is 1.85. The van der Waals surface area contributed by atoms with E-state index in [0.717, 1.165) is 0 Å². The van der Waals surface area contributed by atoms with Gasteiger partial charge in [-0.15, -0.1) is 0 Å². The fourth-order valence-corrected chi connectivity index (χ4v) is 1.18. The minimum Gasteiger partial charge on any atom is -0.465 e. The average molecular weight is 202 g/mol. The van der Waals surface area contributed by atoms with Gasteiger partial charge in [0.25, 0.3) is 0 Å². The minimum atomic E-state index is -1.35. The molecule has 5 nitrogen and oxygen atoms in total. The van der Waals surface area contributed by atoms with Crippen LogP contribution in [0, 0.1) is 0 Å². The number of aliphatic hydroxyl groups excluding tert-OH is 1. The van der Waals surface area contributed by atoms with Crippen LogP contribution in [0.1, 0.15) is 22.2 Å². The van der Waals surface area contributed by atoms with E-state index in [1.165, 1.54) is 25.0 Å². The van der Waals surface area contributed by atoms with Crippen molar-refractivity contribution in [1.82, 2.24) is 9.78 Å². The van der Waals surface area contributed by atoms with Crippen molar-refractivity contribution in [2.75, 3.05) is 13.8 Å². The van der Waals surface area contributed by atoms with Gasteiger partial charge in [-0.05, 0) is 0 Å². The first kappa shape index (κ1) is 10.6. The fourth-order valence-electron chi connectivity index (χ4n) is 1.18. The molecule has 0 fully saturated rings. The number of aromatic nitrogens is 2. The lowest BCUT2D eigenvalue weighted by molar-refractivity contribution is 0.0589. The van der Waals surface area contributed by atoms with Crippen molar-refractivity contribution in [3.63, 3.8) is 0 Å². The number of rotatable bonds is 3. The third-order valence-electron chi connectivity index (χ3n) is 1.85. The molecular weight excluding hydrogens is 191 g/mol. The van der Waals surface area contributed by atoms with E-state index in [4.69, 9.17) is 0 Å². The Morgan fingerprint density at radius 3 is 3.00 bits per heavy atom. The quantitative estimate of drug-likeness (QED) is 0.711. The van der Waals surface area contributed by atoms with Gasteiger partial charge in [0.2, 0.25) is 0 Å². The van der Waals surface area contributed by atoms with Crippen molar-refractivity contribution < 1.29 is 19.0 Å². The van der Waals surface area contributed by atoms with Gasteiger partial charge in [0.05, 0.1) is 19.0 Å². The molecule has 0 aliphatic carbocycles. The highest BCUT2D eigenvalue weighted by Crippen LogP contribution is 2.18. The Labute approximate surface area is 80.1 Å². The number of halogens is 1. The van der Waals surface area contributed by atoms with Crippen molar-refractivity contribution in [3.05, 3.63) is 17.5 Å². The highest BCUT2D eigenvalue weighted by Gasteiger charge is 2.22. The molecule has 1 aromatic heterocycles. The zero-order chi connectivity index (χ0) is 10.7. The van der Waals surface area contributed by atoms with E-state index in [2.05, 4.69) is 9.84 Å². The summed E-state index contributed by atoms with van der Waals surface area (Å²) in [6, 6.07) is 0. The van der Waals surface area contributed by atoms with Crippen LogP contribution in [0.4, 0.5) is 4.39 Å². The molecule has 1 unspecified atom stereocenters. The fraction of sp³-hybridized carbons (Fsp3) is 0.500. The second-order valence-electron chi connectivity index (χ2n) is 2.73. The molecule has 0 aliphatic rings. The van der Waals surface area contributed by atoms with E-state index < -0.39 is 18.7 Å². The van der Waals surface area contributed by atoms with E-state index in [1.807, 2.05) is 0 Å². The van der Waals surface area contributed by atoms with Crippen LogP contribution in [-0.4, -0.2) is 34.6 Å². The summed E-state index contributed by atoms with van der Waals surface area (Å²) < 4.78 is 17.9. The maximum Gasteiger partial charge on any atom is 0.341 e. The molecule has 1 aromatic rings. The average Bonchev–Trinajstić information content (AvgIpc) is 2.58. The summed E-state index contributed by atoms with van der Waals surface area (Å²) in [5.74, 6) is -0.638. The number of aliphatic hydroxyl groups is 1. The highest BCUT2D eigenvalue weighted by atomic mass is 19.1. The number of aryl methyl sites for hydroxylation is 1. The molecule has 0 radical (unpaired) electrons. The van der Waals surface area contributed by atoms with Crippen LogP contribution in [0.25, 0.3) is 0 Å². The first-order valence-corrected chi connectivity index (χ1v) is 3.96. The lowest BCUT2D eigenvalue weighted by Gasteiger charge is -2.08. The maximum absolute atomic E-state index is 12.2. The van der Waals surface area contributed by atoms with Crippen molar-refractivity contribution >= 4 is 5.97 Å². The van der Waals surface area contributed by atoms with Gasteiger partial charge < -0.3 is 9.84 Å². The Balaban J connectivity index is 3.12. The summed E-state index contributed by atoms with van der Waals surface area (Å²) in [7, 11) is 2.72. The molecule has 1 rings (SSSR count). The van der Waals surface area contributed by atoms with Crippen LogP contribution >= 0.6 is 0 Å². The second kappa shape index (κ2) is 4.19. The summed E-state index contributed by atoms with van der Waals surface area (Å²) in [6.07, 6.45) is -0.114. The number of carbonyl (C=O) groups is 1. The van der Waals surface area contributed by atoms with Crippen LogP contribution in [0.15, 0.2) is 6.20 Å². The van der Waals surface area contributed by atoms with Gasteiger partial charge in [-0.2, -0.15) is 5.10 Å². The molecule has 14 heavy (non-hydrogen) atoms. The van der Waals surface area contributed by atoms with Gasteiger partial charge in [-0.25, -0.2) is 9.18 Å². The summed E-state index contributed by atoms with van der Waals surface area (Å²) in [6.45, 7) is -0.969. The summed E-state index contributed by atoms with van der Waals surface area (Å²) in [5, 5.41) is 13.0. The van der Waals surface area contributed by atoms with Gasteiger partial charge in [-0.1, -0.05) is 0 Å². The molecule has 0 aromatic carbocycles. The number of carbonyl (C=O) groups excluding carboxylic acids is 1. The van der Waals surface area contributed by atoms with Gasteiger partial charge >= 0.3 is 5.97 Å². The topological polar surface area (TPSA) is 64.3 Å². The van der Waals surface area contributed by atoms with Crippen LogP contribution < -0.4 is 0 Å². The largest absolute Gasteiger partial charge is 0.465 e. The summed E-state index contributed by atoms with van der Waals surface area (Å²) in [5.41, 5.74) is 0.208. The molecule has 0 spiro atoms. The molecule has 78 valence electrons. The van der Waals surface area contributed by atoms with E-state index in [-0.39, 0.29) is 11.3 Å². The monoisotopic (exact) mass is 202 g/mol. The number of alkyl halides is 1. The normalized spacial score (nSPS) is 12.6. The molecular formula is C8H11FN2O3. The Morgan fingerprint density at radius 1 is 1.86 bits per heavy atom. The number of hydrogen-bond acceptors (Lipinski definition) is 4. The number of hydrogen-bond donors (Lipinski definition) is 1. The van der Waals surface area contributed by atoms with Crippen LogP contribution in [-0.2, 0) is 11.8 Å². The molecule has 0 amide bonds. The Hall–Kier alpha value is -1.43. The van der Waals surface area contributed by atoms with Crippen molar-refractivity contribution in [1.29, 1.82) is 0 Å². The first-order valence-electron chi connectivity index (χ1n) is 3.96. The van der Waals surface area contributed by atoms with E-state index in [9.17, 15) is 14.3 Å². The zero-order valence-corrected chi connectivity index (χ0v) is 7.90. The number of nitrogens with zero attached hydrogens (tertiary/aromatic N) is 2. The molecule has 0 aliphatic heterocycles. The van der Waals surface area contributed by atoms with Gasteiger partial charge in [0.15, 0.2) is 0 Å². The van der Waals surface area contributed by atoms with E-state index in [0.29, 0.717) is 0 Å². The molecule has 1 heterocycles. The second-order valence-corrected chi connectivity index (χ2v) is 2.73. The SMILES string of the molecule is COC(=O)c1cnn(C)c1C(O)CF. The van der Waals surface area contributed by atoms with Crippen molar-refractivity contribution in [2.45, 2.75) is 6.10 Å². The molecule has 0 saturated carbocycles. The predicted molar refractivity (Wildman–Crippen MR) is 45.5 cm³/mol. The highest BCUT2D eigenvalue weighted by molar-refractivity contribution is 5.90. The van der Waals surface area contributed by atoms with Crippen LogP contribution in [0.3, 0.4) is 0 Å². The lowest BCUT2D eigenvalue weighted by atomic mass is 10.2. The predicted octanol–water partition coefficient (Wildman–Crippen LogP) is 0.210. The van der Waals surface area contributed by atoms with E-state index >= 15 is 0 Å². The Kier molecular flexibility index (Phi) is 3.19. The molecule has 1 atom stereocenters. The molecule has 0 bridgehead atoms. The van der Waals surface area contributed by atoms with E-state index in [1.54, 1.807) is 0 Å². The maximum atomic E-state index is 12.2. The van der Waals surface area contributed by atoms with Crippen LogP contribution in [0.2, 0.25) is 0 Å². The molecule has 6 heteroatoms. The molecule has 1 N–H and O–H groups in total. The smallest absolute Gasteiger partial charge is 0.341 e. The van der Waals surface area contributed by atoms with Gasteiger partial charge in [0, 0.05) is 7.05 Å². The zero-order valence-electron chi connectivity index (χ0n) is 7.90. The van der Waals surface area contributed by atoms with Gasteiger partial charge in [-0.3, -0.25) is 4.68 Å². The third kappa shape index (κ3) is 1.74.